The van der Waals surface area contributed by atoms with Gasteiger partial charge in [0, 0.05) is 91.2 Å². The van der Waals surface area contributed by atoms with Gasteiger partial charge in [0.2, 0.25) is 0 Å². The number of carbonyl (C=O) groups is 2. The van der Waals surface area contributed by atoms with Crippen LogP contribution in [-0.4, -0.2) is 120 Å². The Kier molecular flexibility index (Phi) is 16.0. The van der Waals surface area contributed by atoms with Crippen LogP contribution in [0.2, 0.25) is 5.15 Å². The number of benzene rings is 4. The summed E-state index contributed by atoms with van der Waals surface area (Å²) in [5.74, 6) is 1.35. The number of halogens is 7. The molecule has 0 aliphatic carbocycles. The Hall–Kier alpha value is -7.75. The Morgan fingerprint density at radius 1 is 0.554 bits per heavy atom. The molecule has 2 aliphatic rings. The van der Waals surface area contributed by atoms with Crippen LogP contribution < -0.4 is 15.3 Å². The number of nitrogens with zero attached hydrogens (tertiary/aromatic N) is 10. The van der Waals surface area contributed by atoms with Crippen LogP contribution in [0.5, 0.6) is 0 Å². The summed E-state index contributed by atoms with van der Waals surface area (Å²) in [5, 5.41) is 36.2. The highest BCUT2D eigenvalue weighted by Gasteiger charge is 2.34. The fourth-order valence-corrected chi connectivity index (χ4v) is 8.81. The molecule has 2 fully saturated rings. The molecule has 74 heavy (non-hydrogen) atoms. The van der Waals surface area contributed by atoms with E-state index in [1.165, 1.54) is 12.1 Å². The van der Waals surface area contributed by atoms with Crippen molar-refractivity contribution < 1.29 is 46.0 Å². The van der Waals surface area contributed by atoms with Gasteiger partial charge in [0.05, 0.1) is 11.1 Å². The molecule has 4 aromatic heterocycles. The molecule has 4 aromatic carbocycles. The molecule has 2 atom stereocenters. The molecule has 380 valence electrons. The number of piperazine rings is 2. The van der Waals surface area contributed by atoms with E-state index in [1.54, 1.807) is 18.5 Å². The summed E-state index contributed by atoms with van der Waals surface area (Å²) in [6, 6.07) is 34.5. The van der Waals surface area contributed by atoms with Gasteiger partial charge in [0.15, 0.2) is 16.8 Å². The van der Waals surface area contributed by atoms with Gasteiger partial charge in [-0.1, -0.05) is 84.4 Å². The maximum absolute atomic E-state index is 13.0. The van der Waals surface area contributed by atoms with Crippen molar-refractivity contribution in [2.45, 2.75) is 38.3 Å². The van der Waals surface area contributed by atoms with E-state index in [1.807, 2.05) is 95.6 Å². The first-order valence-corrected chi connectivity index (χ1v) is 23.6. The predicted molar refractivity (Wildman–Crippen MR) is 270 cm³/mol. The highest BCUT2D eigenvalue weighted by Crippen LogP contribution is 2.35. The molecule has 2 amide bonds. The molecular formula is C52H46BClF6N10O4. The van der Waals surface area contributed by atoms with Crippen LogP contribution in [0.4, 0.5) is 38.0 Å². The maximum atomic E-state index is 13.0. The number of hydrogen-bond acceptors (Lipinski definition) is 12. The smallest absolute Gasteiger partial charge is 0.423 e. The van der Waals surface area contributed by atoms with Gasteiger partial charge in [0.25, 0.3) is 11.8 Å². The first-order chi connectivity index (χ1) is 35.4. The number of aromatic nitrogens is 6. The van der Waals surface area contributed by atoms with Crippen LogP contribution in [0.25, 0.3) is 33.1 Å². The van der Waals surface area contributed by atoms with E-state index in [-0.39, 0.29) is 29.4 Å². The SMILES string of the molecule is C[C@@H]1CN(C(=O)c2ccccc2)CCN1c1nnc(-c2ccc(C(F)(F)F)cc2)c2cccnc12.C[C@@H]1CN(C(=O)c2ccccc2)CCN1c1nnc(Cl)c2cccnc12.OB(O)c1ccc(C(F)(F)F)cc1. The van der Waals surface area contributed by atoms with Crippen molar-refractivity contribution in [3.8, 4) is 11.3 Å². The Morgan fingerprint density at radius 3 is 1.43 bits per heavy atom. The number of fused-ring (bicyclic) bond motifs is 2. The van der Waals surface area contributed by atoms with E-state index in [0.29, 0.717) is 89.3 Å². The van der Waals surface area contributed by atoms with Crippen LogP contribution >= 0.6 is 11.6 Å². The third-order valence-corrected chi connectivity index (χ3v) is 12.7. The molecule has 14 nitrogen and oxygen atoms in total. The molecule has 6 heterocycles. The van der Waals surface area contributed by atoms with E-state index in [2.05, 4.69) is 47.1 Å². The number of pyridine rings is 2. The van der Waals surface area contributed by atoms with Crippen LogP contribution in [0.3, 0.4) is 0 Å². The van der Waals surface area contributed by atoms with Crippen molar-refractivity contribution in [1.29, 1.82) is 0 Å². The first kappa shape index (κ1) is 52.6. The lowest BCUT2D eigenvalue weighted by molar-refractivity contribution is -0.138. The summed E-state index contributed by atoms with van der Waals surface area (Å²) in [6.07, 6.45) is -5.41. The third-order valence-electron chi connectivity index (χ3n) is 12.4. The molecule has 2 saturated heterocycles. The summed E-state index contributed by atoms with van der Waals surface area (Å²) in [7, 11) is -1.73. The molecule has 8 aromatic rings. The normalized spacial score (nSPS) is 16.0. The molecular weight excluding hydrogens is 989 g/mol. The summed E-state index contributed by atoms with van der Waals surface area (Å²) in [4.78, 5) is 42.5. The van der Waals surface area contributed by atoms with Gasteiger partial charge in [-0.25, -0.2) is 0 Å². The summed E-state index contributed by atoms with van der Waals surface area (Å²) in [6.45, 7) is 7.60. The Labute approximate surface area is 426 Å². The van der Waals surface area contributed by atoms with E-state index >= 15 is 0 Å². The lowest BCUT2D eigenvalue weighted by Gasteiger charge is -2.40. The summed E-state index contributed by atoms with van der Waals surface area (Å²) < 4.78 is 74.9. The molecule has 0 spiro atoms. The number of hydrogen-bond donors (Lipinski definition) is 2. The zero-order valence-corrected chi connectivity index (χ0v) is 40.4. The van der Waals surface area contributed by atoms with Gasteiger partial charge >= 0.3 is 19.5 Å². The van der Waals surface area contributed by atoms with Gasteiger partial charge in [-0.2, -0.15) is 26.3 Å². The van der Waals surface area contributed by atoms with Gasteiger partial charge in [0.1, 0.15) is 16.7 Å². The quantitative estimate of drug-likeness (QED) is 0.121. The standard InChI is InChI=1S/C26H22F3N5O.C19H18ClN5O.C7H6BF3O2/c1-17-16-33(25(35)19-6-3-2-4-7-19)14-15-34(17)24-23-21(8-5-13-30-23)22(31-32-24)18-9-11-20(12-10-18)26(27,28)29;1-13-12-24(19(26)14-6-3-2-4-7-14)10-11-25(13)18-16-15(8-5-9-21-16)17(20)22-23-18;9-7(10,11)5-1-3-6(4-2-5)8(12)13/h2-13,17H,14-16H2,1H3;2-9,13H,10-12H2,1H3;1-4,12-13H/t17-;13-;/m11./s1. The largest absolute Gasteiger partial charge is 0.488 e. The second-order valence-corrected chi connectivity index (χ2v) is 17.7. The lowest BCUT2D eigenvalue weighted by atomic mass is 9.80. The van der Waals surface area contributed by atoms with Crippen LogP contribution in [0, 0.1) is 0 Å². The van der Waals surface area contributed by atoms with Crippen LogP contribution in [0.15, 0.2) is 146 Å². The second kappa shape index (κ2) is 22.6. The van der Waals surface area contributed by atoms with Gasteiger partial charge in [-0.3, -0.25) is 19.6 Å². The molecule has 0 unspecified atom stereocenters. The minimum atomic E-state index is -4.40. The third kappa shape index (κ3) is 12.0. The van der Waals surface area contributed by atoms with Gasteiger partial charge in [-0.05, 0) is 80.0 Å². The van der Waals surface area contributed by atoms with Crippen molar-refractivity contribution in [2.24, 2.45) is 0 Å². The molecule has 0 radical (unpaired) electrons. The molecule has 0 saturated carbocycles. The maximum Gasteiger partial charge on any atom is 0.488 e. The van der Waals surface area contributed by atoms with Crippen molar-refractivity contribution >= 4 is 69.4 Å². The number of amides is 2. The second-order valence-electron chi connectivity index (χ2n) is 17.4. The van der Waals surface area contributed by atoms with Crippen LogP contribution in [-0.2, 0) is 12.4 Å². The fraction of sp³-hybridized carbons (Fsp3) is 0.231. The topological polar surface area (TPSA) is 165 Å². The Balaban J connectivity index is 0.000000164. The van der Waals surface area contributed by atoms with Crippen molar-refractivity contribution in [1.82, 2.24) is 40.2 Å². The number of carbonyl (C=O) groups excluding carboxylic acids is 2. The van der Waals surface area contributed by atoms with Gasteiger partial charge in [-0.15, -0.1) is 20.4 Å². The number of anilines is 2. The van der Waals surface area contributed by atoms with Crippen molar-refractivity contribution in [3.05, 3.63) is 173 Å². The van der Waals surface area contributed by atoms with E-state index in [0.717, 1.165) is 47.3 Å². The minimum absolute atomic E-state index is 0.0104. The van der Waals surface area contributed by atoms with E-state index < -0.39 is 30.6 Å². The fourth-order valence-electron chi connectivity index (χ4n) is 8.62. The number of rotatable bonds is 6. The summed E-state index contributed by atoms with van der Waals surface area (Å²) in [5.41, 5.74) is 2.23. The Morgan fingerprint density at radius 2 is 0.986 bits per heavy atom. The van der Waals surface area contributed by atoms with Gasteiger partial charge < -0.3 is 29.6 Å². The van der Waals surface area contributed by atoms with Crippen molar-refractivity contribution in [2.75, 3.05) is 49.1 Å². The minimum Gasteiger partial charge on any atom is -0.423 e. The monoisotopic (exact) mass is 1030 g/mol. The highest BCUT2D eigenvalue weighted by molar-refractivity contribution is 6.58. The predicted octanol–water partition coefficient (Wildman–Crippen LogP) is 8.48. The highest BCUT2D eigenvalue weighted by atomic mass is 35.5. The van der Waals surface area contributed by atoms with Crippen molar-refractivity contribution in [3.63, 3.8) is 0 Å². The van der Waals surface area contributed by atoms with E-state index in [4.69, 9.17) is 21.6 Å². The van der Waals surface area contributed by atoms with Crippen LogP contribution in [0.1, 0.15) is 45.7 Å². The molecule has 2 aliphatic heterocycles. The summed E-state index contributed by atoms with van der Waals surface area (Å²) >= 11 is 6.15. The molecule has 10 rings (SSSR count). The zero-order chi connectivity index (χ0) is 52.7. The first-order valence-electron chi connectivity index (χ1n) is 23.2. The molecule has 22 heteroatoms. The molecule has 2 N–H and O–H groups in total. The zero-order valence-electron chi connectivity index (χ0n) is 39.7. The lowest BCUT2D eigenvalue weighted by Crippen LogP contribution is -2.54. The number of alkyl halides is 6. The average Bonchev–Trinajstić information content (AvgIpc) is 3.41. The van der Waals surface area contributed by atoms with E-state index in [9.17, 15) is 35.9 Å². The average molecular weight is 1040 g/mol. The molecule has 0 bridgehead atoms. The Bertz CT molecular complexity index is 3220.